The van der Waals surface area contributed by atoms with E-state index in [4.69, 9.17) is 9.47 Å². The standard InChI is InChI=1S/C21H18O9/c22-10-4-14(24)12-8-19(29-11-6-16(26)20(28)17(27)7-11)21(30-18(12)5-10)9-1-2-13(23)15(25)3-9/h1-7,19,21-28H,8H2/t19-,21-/m1/s1. The molecule has 2 atom stereocenters. The third-order valence-corrected chi connectivity index (χ3v) is 4.83. The molecule has 0 bridgehead atoms. The van der Waals surface area contributed by atoms with Gasteiger partial charge in [0.2, 0.25) is 5.75 Å². The van der Waals surface area contributed by atoms with Crippen molar-refractivity contribution in [3.05, 3.63) is 53.6 Å². The molecule has 0 aliphatic carbocycles. The molecule has 4 rings (SSSR count). The quantitative estimate of drug-likeness (QED) is 0.320. The first-order valence-electron chi connectivity index (χ1n) is 8.88. The molecule has 9 heteroatoms. The lowest BCUT2D eigenvalue weighted by atomic mass is 9.93. The molecule has 0 spiro atoms. The van der Waals surface area contributed by atoms with Crippen molar-refractivity contribution in [3.63, 3.8) is 0 Å². The molecule has 0 unspecified atom stereocenters. The van der Waals surface area contributed by atoms with Gasteiger partial charge in [0.05, 0.1) is 0 Å². The molecular weight excluding hydrogens is 396 g/mol. The molecule has 30 heavy (non-hydrogen) atoms. The van der Waals surface area contributed by atoms with Crippen molar-refractivity contribution in [1.82, 2.24) is 0 Å². The molecule has 0 fully saturated rings. The zero-order chi connectivity index (χ0) is 21.6. The maximum atomic E-state index is 10.2. The van der Waals surface area contributed by atoms with Gasteiger partial charge in [0, 0.05) is 41.8 Å². The summed E-state index contributed by atoms with van der Waals surface area (Å²) in [6.07, 6.45) is -1.57. The predicted octanol–water partition coefficient (Wildman–Crippen LogP) is 2.75. The molecule has 3 aromatic carbocycles. The van der Waals surface area contributed by atoms with Gasteiger partial charge in [-0.25, -0.2) is 0 Å². The molecule has 1 aliphatic heterocycles. The monoisotopic (exact) mass is 414 g/mol. The van der Waals surface area contributed by atoms with E-state index in [9.17, 15) is 35.7 Å². The number of fused-ring (bicyclic) bond motifs is 1. The van der Waals surface area contributed by atoms with Crippen LogP contribution in [0.4, 0.5) is 0 Å². The summed E-state index contributed by atoms with van der Waals surface area (Å²) in [5.41, 5.74) is 0.792. The van der Waals surface area contributed by atoms with E-state index in [1.165, 1.54) is 24.3 Å². The van der Waals surface area contributed by atoms with E-state index in [1.54, 1.807) is 0 Å². The Morgan fingerprint density at radius 2 is 1.43 bits per heavy atom. The zero-order valence-corrected chi connectivity index (χ0v) is 15.4. The Morgan fingerprint density at radius 1 is 0.733 bits per heavy atom. The van der Waals surface area contributed by atoms with Crippen molar-refractivity contribution in [3.8, 4) is 51.7 Å². The molecule has 3 aromatic rings. The second kappa shape index (κ2) is 7.03. The second-order valence-corrected chi connectivity index (χ2v) is 6.90. The molecular formula is C21H18O9. The summed E-state index contributed by atoms with van der Waals surface area (Å²) in [4.78, 5) is 0. The highest BCUT2D eigenvalue weighted by molar-refractivity contribution is 5.54. The summed E-state index contributed by atoms with van der Waals surface area (Å²) in [5, 5.41) is 68.5. The van der Waals surface area contributed by atoms with Gasteiger partial charge in [0.25, 0.3) is 0 Å². The maximum absolute atomic E-state index is 10.2. The normalized spacial score (nSPS) is 17.7. The third-order valence-electron chi connectivity index (χ3n) is 4.83. The average molecular weight is 414 g/mol. The van der Waals surface area contributed by atoms with Crippen LogP contribution in [0.3, 0.4) is 0 Å². The fourth-order valence-corrected chi connectivity index (χ4v) is 3.37. The predicted molar refractivity (Wildman–Crippen MR) is 102 cm³/mol. The summed E-state index contributed by atoms with van der Waals surface area (Å²) in [7, 11) is 0. The zero-order valence-electron chi connectivity index (χ0n) is 15.4. The smallest absolute Gasteiger partial charge is 0.200 e. The Labute approximate surface area is 169 Å². The number of hydrogen-bond donors (Lipinski definition) is 7. The largest absolute Gasteiger partial charge is 0.508 e. The van der Waals surface area contributed by atoms with Crippen LogP contribution in [0.25, 0.3) is 0 Å². The summed E-state index contributed by atoms with van der Waals surface area (Å²) < 4.78 is 11.8. The summed E-state index contributed by atoms with van der Waals surface area (Å²) in [5.74, 6) is -2.75. The molecule has 156 valence electrons. The van der Waals surface area contributed by atoms with Gasteiger partial charge in [0.15, 0.2) is 29.1 Å². The first-order chi connectivity index (χ1) is 14.2. The molecule has 0 aromatic heterocycles. The lowest BCUT2D eigenvalue weighted by Gasteiger charge is -2.34. The minimum atomic E-state index is -0.858. The van der Waals surface area contributed by atoms with Crippen LogP contribution in [-0.2, 0) is 6.42 Å². The number of phenols is 7. The highest BCUT2D eigenvalue weighted by Gasteiger charge is 2.35. The van der Waals surface area contributed by atoms with Crippen LogP contribution in [0, 0.1) is 0 Å². The average Bonchev–Trinajstić information content (AvgIpc) is 2.68. The lowest BCUT2D eigenvalue weighted by Crippen LogP contribution is -2.35. The van der Waals surface area contributed by atoms with E-state index >= 15 is 0 Å². The molecule has 0 saturated carbocycles. The summed E-state index contributed by atoms with van der Waals surface area (Å²) in [6.45, 7) is 0. The lowest BCUT2D eigenvalue weighted by molar-refractivity contribution is 0.0362. The van der Waals surface area contributed by atoms with Crippen molar-refractivity contribution < 1.29 is 45.2 Å². The van der Waals surface area contributed by atoms with Gasteiger partial charge in [-0.05, 0) is 12.1 Å². The van der Waals surface area contributed by atoms with Gasteiger partial charge >= 0.3 is 0 Å². The van der Waals surface area contributed by atoms with Crippen molar-refractivity contribution in [2.45, 2.75) is 18.6 Å². The van der Waals surface area contributed by atoms with Crippen LogP contribution < -0.4 is 9.47 Å². The van der Waals surface area contributed by atoms with E-state index < -0.39 is 29.5 Å². The van der Waals surface area contributed by atoms with Crippen LogP contribution in [0.1, 0.15) is 17.2 Å². The topological polar surface area (TPSA) is 160 Å². The van der Waals surface area contributed by atoms with Crippen LogP contribution in [0.15, 0.2) is 42.5 Å². The first kappa shape index (κ1) is 19.2. The van der Waals surface area contributed by atoms with Gasteiger partial charge in [0.1, 0.15) is 29.1 Å². The van der Waals surface area contributed by atoms with E-state index in [-0.39, 0.29) is 40.9 Å². The van der Waals surface area contributed by atoms with Crippen molar-refractivity contribution in [2.24, 2.45) is 0 Å². The number of ether oxygens (including phenoxy) is 2. The Bertz CT molecular complexity index is 1100. The Kier molecular flexibility index (Phi) is 4.50. The van der Waals surface area contributed by atoms with Crippen LogP contribution >= 0.6 is 0 Å². The van der Waals surface area contributed by atoms with Crippen molar-refractivity contribution in [2.75, 3.05) is 0 Å². The van der Waals surface area contributed by atoms with Gasteiger partial charge < -0.3 is 45.2 Å². The second-order valence-electron chi connectivity index (χ2n) is 6.90. The molecule has 1 heterocycles. The van der Waals surface area contributed by atoms with Crippen molar-refractivity contribution >= 4 is 0 Å². The van der Waals surface area contributed by atoms with Crippen LogP contribution in [0.5, 0.6) is 51.7 Å². The van der Waals surface area contributed by atoms with Gasteiger partial charge in [-0.15, -0.1) is 0 Å². The Morgan fingerprint density at radius 3 is 2.10 bits per heavy atom. The van der Waals surface area contributed by atoms with E-state index in [0.29, 0.717) is 11.1 Å². The fraction of sp³-hybridized carbons (Fsp3) is 0.143. The van der Waals surface area contributed by atoms with E-state index in [1.807, 2.05) is 0 Å². The molecule has 0 saturated heterocycles. The fourth-order valence-electron chi connectivity index (χ4n) is 3.37. The highest BCUT2D eigenvalue weighted by atomic mass is 16.5. The third kappa shape index (κ3) is 3.37. The van der Waals surface area contributed by atoms with Gasteiger partial charge in [-0.3, -0.25) is 0 Å². The number of phenolic OH excluding ortho intramolecular Hbond substituents is 7. The summed E-state index contributed by atoms with van der Waals surface area (Å²) in [6, 6.07) is 8.77. The van der Waals surface area contributed by atoms with Crippen molar-refractivity contribution in [1.29, 1.82) is 0 Å². The molecule has 0 radical (unpaired) electrons. The number of hydrogen-bond acceptors (Lipinski definition) is 9. The van der Waals surface area contributed by atoms with Gasteiger partial charge in [-0.2, -0.15) is 0 Å². The van der Waals surface area contributed by atoms with E-state index in [0.717, 1.165) is 18.2 Å². The summed E-state index contributed by atoms with van der Waals surface area (Å²) >= 11 is 0. The maximum Gasteiger partial charge on any atom is 0.200 e. The molecule has 1 aliphatic rings. The Balaban J connectivity index is 1.76. The SMILES string of the molecule is Oc1cc(O)c2c(c1)O[C@H](c1ccc(O)c(O)c1)[C@H](Oc1cc(O)c(O)c(O)c1)C2. The van der Waals surface area contributed by atoms with Crippen LogP contribution in [0.2, 0.25) is 0 Å². The molecule has 7 N–H and O–H groups in total. The molecule has 9 nitrogen and oxygen atoms in total. The number of aromatic hydroxyl groups is 7. The minimum absolute atomic E-state index is 0.0196. The highest BCUT2D eigenvalue weighted by Crippen LogP contribution is 2.45. The van der Waals surface area contributed by atoms with E-state index in [2.05, 4.69) is 0 Å². The minimum Gasteiger partial charge on any atom is -0.508 e. The first-order valence-corrected chi connectivity index (χ1v) is 8.88. The molecule has 0 amide bonds. The van der Waals surface area contributed by atoms with Gasteiger partial charge in [-0.1, -0.05) is 6.07 Å². The van der Waals surface area contributed by atoms with Crippen LogP contribution in [-0.4, -0.2) is 41.8 Å². The number of rotatable bonds is 3. The Hall–Kier alpha value is -4.14. The number of benzene rings is 3.